The van der Waals surface area contributed by atoms with Gasteiger partial charge in [0.05, 0.1) is 13.2 Å². The van der Waals surface area contributed by atoms with Crippen LogP contribution in [0.5, 0.6) is 0 Å². The summed E-state index contributed by atoms with van der Waals surface area (Å²) < 4.78 is 10.9. The molecule has 6 heteroatoms. The largest absolute Gasteiger partial charge is 0.381 e. The van der Waals surface area contributed by atoms with E-state index in [1.165, 1.54) is 0 Å². The summed E-state index contributed by atoms with van der Waals surface area (Å²) in [6.45, 7) is 9.31. The normalized spacial score (nSPS) is 19.1. The van der Waals surface area contributed by atoms with Crippen molar-refractivity contribution >= 4 is 29.9 Å². The van der Waals surface area contributed by atoms with Crippen LogP contribution in [0.2, 0.25) is 0 Å². The van der Waals surface area contributed by atoms with Crippen LogP contribution >= 0.6 is 24.0 Å². The van der Waals surface area contributed by atoms with Gasteiger partial charge >= 0.3 is 0 Å². The number of guanidine groups is 1. The lowest BCUT2D eigenvalue weighted by Gasteiger charge is -2.09. The molecule has 1 saturated heterocycles. The van der Waals surface area contributed by atoms with Crippen LogP contribution in [-0.2, 0) is 9.47 Å². The van der Waals surface area contributed by atoms with Crippen LogP contribution in [0.4, 0.5) is 0 Å². The van der Waals surface area contributed by atoms with Gasteiger partial charge in [-0.15, -0.1) is 24.0 Å². The summed E-state index contributed by atoms with van der Waals surface area (Å²) in [6, 6.07) is 0. The summed E-state index contributed by atoms with van der Waals surface area (Å²) >= 11 is 0. The Morgan fingerprint density at radius 2 is 2.30 bits per heavy atom. The molecule has 1 unspecified atom stereocenters. The first kappa shape index (κ1) is 19.9. The van der Waals surface area contributed by atoms with Crippen LogP contribution < -0.4 is 11.1 Å². The smallest absolute Gasteiger partial charge is 0.188 e. The molecule has 1 fully saturated rings. The second-order valence-electron chi connectivity index (χ2n) is 5.53. The Kier molecular flexibility index (Phi) is 12.6. The van der Waals surface area contributed by atoms with Crippen molar-refractivity contribution in [2.24, 2.45) is 22.6 Å². The van der Waals surface area contributed by atoms with Crippen molar-refractivity contribution in [3.8, 4) is 0 Å². The van der Waals surface area contributed by atoms with Gasteiger partial charge in [-0.25, -0.2) is 0 Å². The maximum absolute atomic E-state index is 5.76. The Hall–Kier alpha value is -0.0800. The number of hydrogen-bond acceptors (Lipinski definition) is 3. The number of aliphatic imine (C=N–C) groups is 1. The molecule has 0 aromatic rings. The molecule has 0 aliphatic carbocycles. The molecular weight excluding hydrogens is 369 g/mol. The zero-order chi connectivity index (χ0) is 13.9. The van der Waals surface area contributed by atoms with Crippen molar-refractivity contribution in [3.05, 3.63) is 0 Å². The van der Waals surface area contributed by atoms with Gasteiger partial charge in [-0.2, -0.15) is 0 Å². The Morgan fingerprint density at radius 1 is 1.50 bits per heavy atom. The van der Waals surface area contributed by atoms with Gasteiger partial charge in [-0.1, -0.05) is 13.8 Å². The molecule has 1 rings (SSSR count). The van der Waals surface area contributed by atoms with Crippen LogP contribution in [0.3, 0.4) is 0 Å². The average molecular weight is 399 g/mol. The molecule has 20 heavy (non-hydrogen) atoms. The lowest BCUT2D eigenvalue weighted by atomic mass is 10.1. The van der Waals surface area contributed by atoms with Crippen LogP contribution in [-0.4, -0.2) is 45.5 Å². The zero-order valence-corrected chi connectivity index (χ0v) is 15.1. The van der Waals surface area contributed by atoms with E-state index in [4.69, 9.17) is 15.2 Å². The second-order valence-corrected chi connectivity index (χ2v) is 5.53. The lowest BCUT2D eigenvalue weighted by molar-refractivity contribution is 0.0893. The molecular formula is C14H30IN3O2. The fourth-order valence-corrected chi connectivity index (χ4v) is 1.88. The summed E-state index contributed by atoms with van der Waals surface area (Å²) in [5, 5.41) is 3.12. The molecule has 120 valence electrons. The molecule has 0 saturated carbocycles. The summed E-state index contributed by atoms with van der Waals surface area (Å²) in [5.41, 5.74) is 5.76. The van der Waals surface area contributed by atoms with Gasteiger partial charge < -0.3 is 20.5 Å². The van der Waals surface area contributed by atoms with Crippen molar-refractivity contribution < 1.29 is 9.47 Å². The van der Waals surface area contributed by atoms with Crippen molar-refractivity contribution in [3.63, 3.8) is 0 Å². The predicted molar refractivity (Wildman–Crippen MR) is 93.7 cm³/mol. The van der Waals surface area contributed by atoms with Gasteiger partial charge in [0.15, 0.2) is 5.96 Å². The second kappa shape index (κ2) is 12.6. The molecule has 0 bridgehead atoms. The van der Waals surface area contributed by atoms with E-state index in [0.717, 1.165) is 58.8 Å². The van der Waals surface area contributed by atoms with Crippen LogP contribution in [0.15, 0.2) is 4.99 Å². The fourth-order valence-electron chi connectivity index (χ4n) is 1.88. The highest BCUT2D eigenvalue weighted by molar-refractivity contribution is 14.0. The van der Waals surface area contributed by atoms with Crippen molar-refractivity contribution in [1.82, 2.24) is 5.32 Å². The fraction of sp³-hybridized carbons (Fsp3) is 0.929. The molecule has 3 N–H and O–H groups in total. The maximum atomic E-state index is 5.76. The average Bonchev–Trinajstić information content (AvgIpc) is 2.86. The van der Waals surface area contributed by atoms with Gasteiger partial charge in [0.2, 0.25) is 0 Å². The van der Waals surface area contributed by atoms with Gasteiger partial charge in [-0.3, -0.25) is 4.99 Å². The van der Waals surface area contributed by atoms with E-state index >= 15 is 0 Å². The molecule has 5 nitrogen and oxygen atoms in total. The van der Waals surface area contributed by atoms with E-state index in [1.807, 2.05) is 0 Å². The zero-order valence-electron chi connectivity index (χ0n) is 12.8. The number of hydrogen-bond donors (Lipinski definition) is 2. The first-order chi connectivity index (χ1) is 9.18. The van der Waals surface area contributed by atoms with Crippen molar-refractivity contribution in [2.45, 2.75) is 33.1 Å². The van der Waals surface area contributed by atoms with E-state index in [0.29, 0.717) is 17.8 Å². The highest BCUT2D eigenvalue weighted by atomic mass is 127. The minimum absolute atomic E-state index is 0. The first-order valence-corrected chi connectivity index (χ1v) is 7.37. The van der Waals surface area contributed by atoms with Gasteiger partial charge in [0.25, 0.3) is 0 Å². The highest BCUT2D eigenvalue weighted by Gasteiger charge is 2.14. The summed E-state index contributed by atoms with van der Waals surface area (Å²) in [7, 11) is 0. The topological polar surface area (TPSA) is 68.9 Å². The first-order valence-electron chi connectivity index (χ1n) is 7.37. The van der Waals surface area contributed by atoms with Crippen LogP contribution in [0.25, 0.3) is 0 Å². The third kappa shape index (κ3) is 10.7. The molecule has 1 heterocycles. The minimum Gasteiger partial charge on any atom is -0.381 e. The monoisotopic (exact) mass is 399 g/mol. The number of rotatable bonds is 9. The third-order valence-electron chi connectivity index (χ3n) is 3.13. The van der Waals surface area contributed by atoms with Crippen LogP contribution in [0.1, 0.15) is 33.1 Å². The quantitative estimate of drug-likeness (QED) is 0.269. The van der Waals surface area contributed by atoms with Gasteiger partial charge in [0.1, 0.15) is 0 Å². The molecule has 1 aliphatic heterocycles. The van der Waals surface area contributed by atoms with E-state index < -0.39 is 0 Å². The van der Waals surface area contributed by atoms with Gasteiger partial charge in [0, 0.05) is 32.2 Å². The van der Waals surface area contributed by atoms with Crippen molar-refractivity contribution in [1.29, 1.82) is 0 Å². The lowest BCUT2D eigenvalue weighted by Crippen LogP contribution is -2.33. The van der Waals surface area contributed by atoms with E-state index in [-0.39, 0.29) is 24.0 Å². The minimum atomic E-state index is 0. The number of ether oxygens (including phenoxy) is 2. The van der Waals surface area contributed by atoms with Gasteiger partial charge in [-0.05, 0) is 25.2 Å². The summed E-state index contributed by atoms with van der Waals surface area (Å²) in [6.07, 6.45) is 3.16. The number of nitrogens with zero attached hydrogens (tertiary/aromatic N) is 1. The molecule has 0 amide bonds. The Morgan fingerprint density at radius 3 is 2.95 bits per heavy atom. The van der Waals surface area contributed by atoms with E-state index in [9.17, 15) is 0 Å². The number of halogens is 1. The molecule has 1 aliphatic rings. The van der Waals surface area contributed by atoms with E-state index in [2.05, 4.69) is 24.2 Å². The maximum Gasteiger partial charge on any atom is 0.188 e. The Labute approximate surface area is 140 Å². The van der Waals surface area contributed by atoms with Crippen LogP contribution in [0, 0.1) is 11.8 Å². The highest BCUT2D eigenvalue weighted by Crippen LogP contribution is 2.12. The Balaban J connectivity index is 0.00000361. The Bertz CT molecular complexity index is 257. The van der Waals surface area contributed by atoms with E-state index in [1.54, 1.807) is 0 Å². The summed E-state index contributed by atoms with van der Waals surface area (Å²) in [5.74, 6) is 1.82. The third-order valence-corrected chi connectivity index (χ3v) is 3.13. The predicted octanol–water partition coefficient (Wildman–Crippen LogP) is 2.00. The summed E-state index contributed by atoms with van der Waals surface area (Å²) in [4.78, 5) is 4.27. The standard InChI is InChI=1S/C14H29N3O2.HI/c1-12(2)4-7-17-14(15)16-6-3-8-18-10-13-5-9-19-11-13;/h12-13H,3-11H2,1-2H3,(H3,15,16,17);1H. The molecule has 1 atom stereocenters. The molecule has 0 aromatic carbocycles. The van der Waals surface area contributed by atoms with Crippen molar-refractivity contribution in [2.75, 3.05) is 39.5 Å². The molecule has 0 spiro atoms. The number of nitrogens with two attached hydrogens (primary N) is 1. The SMILES string of the molecule is CC(C)CCNC(N)=NCCCOCC1CCOC1.I. The molecule has 0 aromatic heterocycles. The molecule has 0 radical (unpaired) electrons. The number of nitrogens with one attached hydrogen (secondary N) is 1.